The molecule has 4 nitrogen and oxygen atoms in total. The van der Waals surface area contributed by atoms with Crippen molar-refractivity contribution in [2.45, 2.75) is 44.7 Å². The summed E-state index contributed by atoms with van der Waals surface area (Å²) in [6, 6.07) is 6.41. The standard InChI is InChI=1S/C16H23N3O/c1-3-11-6-4-5-9-19(11)12-7-8-13-14(10-12)18(2)16(20)15(13)17/h7-8,10-11,15H,3-6,9,17H2,1-2H3. The lowest BCUT2D eigenvalue weighted by Crippen LogP contribution is -2.39. The molecule has 2 aliphatic rings. The Hall–Kier alpha value is -1.55. The van der Waals surface area contributed by atoms with E-state index in [0.29, 0.717) is 6.04 Å². The van der Waals surface area contributed by atoms with Crippen LogP contribution in [-0.2, 0) is 4.79 Å². The Morgan fingerprint density at radius 2 is 2.15 bits per heavy atom. The number of carbonyl (C=O) groups is 1. The quantitative estimate of drug-likeness (QED) is 0.900. The van der Waals surface area contributed by atoms with Gasteiger partial charge in [-0.25, -0.2) is 0 Å². The summed E-state index contributed by atoms with van der Waals surface area (Å²) in [6.07, 6.45) is 5.01. The van der Waals surface area contributed by atoms with Crippen molar-refractivity contribution in [3.05, 3.63) is 23.8 Å². The van der Waals surface area contributed by atoms with Crippen LogP contribution in [0.2, 0.25) is 0 Å². The summed E-state index contributed by atoms with van der Waals surface area (Å²) in [4.78, 5) is 16.1. The molecule has 0 spiro atoms. The molecule has 0 saturated carbocycles. The summed E-state index contributed by atoms with van der Waals surface area (Å²) < 4.78 is 0. The van der Waals surface area contributed by atoms with Crippen LogP contribution in [0.3, 0.4) is 0 Å². The second-order valence-electron chi connectivity index (χ2n) is 5.87. The first kappa shape index (κ1) is 13.4. The number of hydrogen-bond acceptors (Lipinski definition) is 3. The second-order valence-corrected chi connectivity index (χ2v) is 5.87. The van der Waals surface area contributed by atoms with Gasteiger partial charge in [0.2, 0.25) is 5.91 Å². The van der Waals surface area contributed by atoms with Gasteiger partial charge in [0.15, 0.2) is 0 Å². The van der Waals surface area contributed by atoms with E-state index >= 15 is 0 Å². The van der Waals surface area contributed by atoms with Crippen molar-refractivity contribution in [1.29, 1.82) is 0 Å². The maximum atomic E-state index is 12.0. The Morgan fingerprint density at radius 3 is 2.90 bits per heavy atom. The molecule has 2 unspecified atom stereocenters. The highest BCUT2D eigenvalue weighted by Gasteiger charge is 2.33. The summed E-state index contributed by atoms with van der Waals surface area (Å²) in [5, 5.41) is 0. The molecule has 1 amide bonds. The third-order valence-electron chi connectivity index (χ3n) is 4.74. The number of rotatable bonds is 2. The van der Waals surface area contributed by atoms with Crippen LogP contribution in [0.4, 0.5) is 11.4 Å². The fraction of sp³-hybridized carbons (Fsp3) is 0.562. The molecule has 0 radical (unpaired) electrons. The first-order valence-corrected chi connectivity index (χ1v) is 7.57. The van der Waals surface area contributed by atoms with Crippen molar-refractivity contribution in [3.8, 4) is 0 Å². The fourth-order valence-corrected chi connectivity index (χ4v) is 3.49. The lowest BCUT2D eigenvalue weighted by atomic mass is 9.98. The number of likely N-dealkylation sites (N-methyl/N-ethyl adjacent to an activating group) is 1. The number of carbonyl (C=O) groups excluding carboxylic acids is 1. The number of fused-ring (bicyclic) bond motifs is 1. The number of amides is 1. The molecule has 108 valence electrons. The highest BCUT2D eigenvalue weighted by atomic mass is 16.2. The molecule has 1 saturated heterocycles. The lowest BCUT2D eigenvalue weighted by molar-refractivity contribution is -0.118. The van der Waals surface area contributed by atoms with E-state index in [0.717, 1.165) is 17.8 Å². The van der Waals surface area contributed by atoms with Crippen LogP contribution >= 0.6 is 0 Å². The van der Waals surface area contributed by atoms with E-state index in [4.69, 9.17) is 5.73 Å². The van der Waals surface area contributed by atoms with Gasteiger partial charge in [-0.2, -0.15) is 0 Å². The Labute approximate surface area is 120 Å². The Bertz CT molecular complexity index is 528. The van der Waals surface area contributed by atoms with Gasteiger partial charge in [-0.15, -0.1) is 0 Å². The van der Waals surface area contributed by atoms with Crippen LogP contribution in [0.1, 0.15) is 44.2 Å². The smallest absolute Gasteiger partial charge is 0.248 e. The highest BCUT2D eigenvalue weighted by molar-refractivity contribution is 6.04. The Morgan fingerprint density at radius 1 is 1.35 bits per heavy atom. The molecule has 20 heavy (non-hydrogen) atoms. The number of piperidine rings is 1. The monoisotopic (exact) mass is 273 g/mol. The van der Waals surface area contributed by atoms with E-state index in [1.165, 1.54) is 31.4 Å². The normalized spacial score (nSPS) is 26.1. The van der Waals surface area contributed by atoms with Crippen molar-refractivity contribution >= 4 is 17.3 Å². The minimum Gasteiger partial charge on any atom is -0.369 e. The van der Waals surface area contributed by atoms with E-state index < -0.39 is 6.04 Å². The van der Waals surface area contributed by atoms with Gasteiger partial charge in [0, 0.05) is 30.9 Å². The molecule has 2 aliphatic heterocycles. The van der Waals surface area contributed by atoms with Crippen LogP contribution in [0.15, 0.2) is 18.2 Å². The predicted molar refractivity (Wildman–Crippen MR) is 82.1 cm³/mol. The molecule has 2 atom stereocenters. The molecule has 3 rings (SSSR count). The summed E-state index contributed by atoms with van der Waals surface area (Å²) >= 11 is 0. The van der Waals surface area contributed by atoms with E-state index in [2.05, 4.69) is 24.0 Å². The van der Waals surface area contributed by atoms with E-state index in [1.54, 1.807) is 4.90 Å². The van der Waals surface area contributed by atoms with Crippen molar-refractivity contribution in [2.24, 2.45) is 5.73 Å². The van der Waals surface area contributed by atoms with Gasteiger partial charge in [0.1, 0.15) is 6.04 Å². The Balaban J connectivity index is 1.95. The minimum atomic E-state index is -0.493. The first-order valence-electron chi connectivity index (χ1n) is 7.57. The van der Waals surface area contributed by atoms with E-state index in [-0.39, 0.29) is 5.91 Å². The van der Waals surface area contributed by atoms with Gasteiger partial charge in [0.25, 0.3) is 0 Å². The molecule has 1 aromatic carbocycles. The van der Waals surface area contributed by atoms with E-state index in [1.807, 2.05) is 13.1 Å². The van der Waals surface area contributed by atoms with Crippen LogP contribution in [-0.4, -0.2) is 25.5 Å². The summed E-state index contributed by atoms with van der Waals surface area (Å²) in [5.41, 5.74) is 9.11. The largest absolute Gasteiger partial charge is 0.369 e. The summed E-state index contributed by atoms with van der Waals surface area (Å²) in [6.45, 7) is 3.36. The molecule has 2 N–H and O–H groups in total. The molecular weight excluding hydrogens is 250 g/mol. The SMILES string of the molecule is CCC1CCCCN1c1ccc2c(c1)N(C)C(=O)C2N. The molecule has 0 aromatic heterocycles. The van der Waals surface area contributed by atoms with Crippen LogP contribution in [0.25, 0.3) is 0 Å². The summed E-state index contributed by atoms with van der Waals surface area (Å²) in [5.74, 6) is -0.0113. The zero-order valence-corrected chi connectivity index (χ0v) is 12.3. The molecule has 1 aromatic rings. The van der Waals surface area contributed by atoms with Gasteiger partial charge in [0.05, 0.1) is 5.69 Å². The maximum Gasteiger partial charge on any atom is 0.248 e. The third-order valence-corrected chi connectivity index (χ3v) is 4.74. The molecule has 0 aliphatic carbocycles. The maximum absolute atomic E-state index is 12.0. The van der Waals surface area contributed by atoms with Gasteiger partial charge in [-0.1, -0.05) is 13.0 Å². The fourth-order valence-electron chi connectivity index (χ4n) is 3.49. The number of nitrogens with zero attached hydrogens (tertiary/aromatic N) is 2. The average Bonchev–Trinajstić information content (AvgIpc) is 2.71. The number of benzene rings is 1. The van der Waals surface area contributed by atoms with Gasteiger partial charge in [-0.3, -0.25) is 4.79 Å². The van der Waals surface area contributed by atoms with Crippen LogP contribution in [0.5, 0.6) is 0 Å². The molecule has 1 fully saturated rings. The molecule has 4 heteroatoms. The first-order chi connectivity index (χ1) is 9.63. The van der Waals surface area contributed by atoms with Crippen LogP contribution in [0, 0.1) is 0 Å². The highest BCUT2D eigenvalue weighted by Crippen LogP contribution is 2.37. The zero-order chi connectivity index (χ0) is 14.3. The zero-order valence-electron chi connectivity index (χ0n) is 12.3. The average molecular weight is 273 g/mol. The molecule has 2 heterocycles. The van der Waals surface area contributed by atoms with Crippen molar-refractivity contribution in [3.63, 3.8) is 0 Å². The number of hydrogen-bond donors (Lipinski definition) is 1. The van der Waals surface area contributed by atoms with Crippen LogP contribution < -0.4 is 15.5 Å². The topological polar surface area (TPSA) is 49.6 Å². The van der Waals surface area contributed by atoms with Gasteiger partial charge in [-0.05, 0) is 37.8 Å². The minimum absolute atomic E-state index is 0.0113. The molecule has 0 bridgehead atoms. The van der Waals surface area contributed by atoms with Crippen molar-refractivity contribution < 1.29 is 4.79 Å². The van der Waals surface area contributed by atoms with Gasteiger partial charge < -0.3 is 15.5 Å². The number of nitrogens with two attached hydrogens (primary N) is 1. The number of anilines is 2. The second kappa shape index (κ2) is 5.09. The summed E-state index contributed by atoms with van der Waals surface area (Å²) in [7, 11) is 1.81. The van der Waals surface area contributed by atoms with Crippen molar-refractivity contribution in [2.75, 3.05) is 23.4 Å². The predicted octanol–water partition coefficient (Wildman–Crippen LogP) is 2.43. The van der Waals surface area contributed by atoms with Crippen molar-refractivity contribution in [1.82, 2.24) is 0 Å². The Kier molecular flexibility index (Phi) is 3.42. The molecular formula is C16H23N3O. The lowest BCUT2D eigenvalue weighted by Gasteiger charge is -2.37. The third kappa shape index (κ3) is 1.99. The van der Waals surface area contributed by atoms with E-state index in [9.17, 15) is 4.79 Å². The van der Waals surface area contributed by atoms with Gasteiger partial charge >= 0.3 is 0 Å².